The molecule has 0 spiro atoms. The molecule has 2 atom stereocenters. The molecular formula is C20H25N3O3. The van der Waals surface area contributed by atoms with Crippen molar-refractivity contribution in [3.8, 4) is 5.75 Å². The van der Waals surface area contributed by atoms with Crippen molar-refractivity contribution in [2.75, 3.05) is 19.7 Å². The lowest BCUT2D eigenvalue weighted by Crippen LogP contribution is -2.53. The summed E-state index contributed by atoms with van der Waals surface area (Å²) in [6.45, 7) is 2.38. The highest BCUT2D eigenvalue weighted by atomic mass is 16.5. The Morgan fingerprint density at radius 1 is 1.23 bits per heavy atom. The number of rotatable bonds is 7. The summed E-state index contributed by atoms with van der Waals surface area (Å²) < 4.78 is 5.54. The van der Waals surface area contributed by atoms with Gasteiger partial charge in [0, 0.05) is 25.8 Å². The van der Waals surface area contributed by atoms with Crippen molar-refractivity contribution in [1.29, 1.82) is 0 Å². The van der Waals surface area contributed by atoms with E-state index in [1.807, 2.05) is 48.5 Å². The molecule has 0 bridgehead atoms. The van der Waals surface area contributed by atoms with E-state index in [1.54, 1.807) is 6.20 Å². The first-order valence-corrected chi connectivity index (χ1v) is 8.98. The molecule has 1 aromatic carbocycles. The minimum Gasteiger partial charge on any atom is -0.493 e. The van der Waals surface area contributed by atoms with Gasteiger partial charge in [-0.05, 0) is 30.7 Å². The summed E-state index contributed by atoms with van der Waals surface area (Å²) >= 11 is 0. The number of carbonyl (C=O) groups is 1. The Kier molecular flexibility index (Phi) is 6.57. The molecule has 1 fully saturated rings. The second-order valence-electron chi connectivity index (χ2n) is 6.50. The smallest absolute Gasteiger partial charge is 0.223 e. The van der Waals surface area contributed by atoms with Crippen LogP contribution in [0.4, 0.5) is 0 Å². The average molecular weight is 355 g/mol. The highest BCUT2D eigenvalue weighted by Crippen LogP contribution is 2.14. The first-order valence-electron chi connectivity index (χ1n) is 8.98. The Labute approximate surface area is 153 Å². The number of para-hydroxylation sites is 1. The van der Waals surface area contributed by atoms with Gasteiger partial charge in [0.05, 0.1) is 30.9 Å². The van der Waals surface area contributed by atoms with E-state index in [1.165, 1.54) is 0 Å². The van der Waals surface area contributed by atoms with E-state index >= 15 is 0 Å². The van der Waals surface area contributed by atoms with Crippen molar-refractivity contribution in [3.63, 3.8) is 0 Å². The number of aromatic nitrogens is 1. The monoisotopic (exact) mass is 355 g/mol. The van der Waals surface area contributed by atoms with Gasteiger partial charge in [0.2, 0.25) is 5.91 Å². The van der Waals surface area contributed by atoms with Crippen LogP contribution in [0.3, 0.4) is 0 Å². The van der Waals surface area contributed by atoms with Crippen molar-refractivity contribution >= 4 is 5.91 Å². The molecule has 2 heterocycles. The second-order valence-corrected chi connectivity index (χ2v) is 6.50. The van der Waals surface area contributed by atoms with Gasteiger partial charge >= 0.3 is 0 Å². The quantitative estimate of drug-likeness (QED) is 0.789. The number of pyridine rings is 1. The summed E-state index contributed by atoms with van der Waals surface area (Å²) in [6, 6.07) is 15.0. The summed E-state index contributed by atoms with van der Waals surface area (Å²) in [5.74, 6) is 0.659. The second kappa shape index (κ2) is 9.31. The Hall–Kier alpha value is -2.44. The number of β-amino-alcohol motifs (C(OH)–C–C–N with tert-alkyl or cyclic N) is 1. The topological polar surface area (TPSA) is 74.7 Å². The van der Waals surface area contributed by atoms with E-state index < -0.39 is 6.10 Å². The van der Waals surface area contributed by atoms with E-state index in [2.05, 4.69) is 15.2 Å². The third kappa shape index (κ3) is 5.54. The number of benzene rings is 1. The third-order valence-electron chi connectivity index (χ3n) is 4.47. The largest absolute Gasteiger partial charge is 0.493 e. The van der Waals surface area contributed by atoms with Gasteiger partial charge in [-0.3, -0.25) is 14.7 Å². The summed E-state index contributed by atoms with van der Waals surface area (Å²) in [4.78, 5) is 18.6. The molecule has 2 aromatic rings. The summed E-state index contributed by atoms with van der Waals surface area (Å²) in [5.41, 5.74) is 0.986. The molecule has 6 nitrogen and oxygen atoms in total. The van der Waals surface area contributed by atoms with Gasteiger partial charge in [0.15, 0.2) is 0 Å². The molecule has 0 aliphatic carbocycles. The van der Waals surface area contributed by atoms with Crippen LogP contribution in [0.1, 0.15) is 18.5 Å². The fourth-order valence-corrected chi connectivity index (χ4v) is 3.09. The molecule has 1 saturated heterocycles. The number of nitrogens with zero attached hydrogens (tertiary/aromatic N) is 2. The average Bonchev–Trinajstić information content (AvgIpc) is 2.66. The van der Waals surface area contributed by atoms with Crippen LogP contribution in [0.2, 0.25) is 0 Å². The van der Waals surface area contributed by atoms with Crippen LogP contribution < -0.4 is 10.1 Å². The highest BCUT2D eigenvalue weighted by molar-refractivity contribution is 5.76. The van der Waals surface area contributed by atoms with E-state index in [9.17, 15) is 9.90 Å². The lowest BCUT2D eigenvalue weighted by Gasteiger charge is -2.36. The molecule has 26 heavy (non-hydrogen) atoms. The number of piperidine rings is 1. The van der Waals surface area contributed by atoms with E-state index in [0.29, 0.717) is 19.7 Å². The Bertz CT molecular complexity index is 681. The maximum Gasteiger partial charge on any atom is 0.223 e. The molecule has 1 aliphatic rings. The van der Waals surface area contributed by atoms with Gasteiger partial charge in [-0.15, -0.1) is 0 Å². The van der Waals surface area contributed by atoms with Crippen LogP contribution in [0.5, 0.6) is 5.75 Å². The minimum atomic E-state index is -0.577. The molecular weight excluding hydrogens is 330 g/mol. The van der Waals surface area contributed by atoms with E-state index in [4.69, 9.17) is 4.74 Å². The van der Waals surface area contributed by atoms with Crippen LogP contribution in [-0.4, -0.2) is 52.7 Å². The normalized spacial score (nSPS) is 20.5. The molecule has 138 valence electrons. The number of likely N-dealkylation sites (tertiary alicyclic amines) is 1. The number of amides is 1. The van der Waals surface area contributed by atoms with Crippen LogP contribution in [0, 0.1) is 0 Å². The summed E-state index contributed by atoms with van der Waals surface area (Å²) in [5, 5.41) is 13.3. The number of hydrogen-bond donors (Lipinski definition) is 2. The summed E-state index contributed by atoms with van der Waals surface area (Å²) in [7, 11) is 0. The zero-order valence-electron chi connectivity index (χ0n) is 14.8. The standard InChI is InChI=1S/C20H25N3O3/c24-19-15-23(14-16-6-4-5-11-21-16)12-9-18(19)22-20(25)10-13-26-17-7-2-1-3-8-17/h1-8,11,18-19,24H,9-10,12-15H2,(H,22,25)/t18-,19-/m1/s1. The van der Waals surface area contributed by atoms with E-state index in [0.717, 1.165) is 24.4 Å². The molecule has 2 N–H and O–H groups in total. The van der Waals surface area contributed by atoms with Crippen LogP contribution in [-0.2, 0) is 11.3 Å². The van der Waals surface area contributed by atoms with Crippen molar-refractivity contribution in [1.82, 2.24) is 15.2 Å². The van der Waals surface area contributed by atoms with Gasteiger partial charge in [-0.2, -0.15) is 0 Å². The number of carbonyl (C=O) groups excluding carboxylic acids is 1. The maximum atomic E-state index is 12.1. The van der Waals surface area contributed by atoms with Crippen molar-refractivity contribution in [2.45, 2.75) is 31.5 Å². The zero-order valence-corrected chi connectivity index (χ0v) is 14.8. The Morgan fingerprint density at radius 2 is 2.04 bits per heavy atom. The van der Waals surface area contributed by atoms with Crippen LogP contribution in [0.25, 0.3) is 0 Å². The minimum absolute atomic E-state index is 0.0943. The molecule has 0 saturated carbocycles. The Balaban J connectivity index is 1.38. The van der Waals surface area contributed by atoms with Crippen molar-refractivity contribution in [3.05, 3.63) is 60.4 Å². The number of aliphatic hydroxyl groups is 1. The molecule has 1 aliphatic heterocycles. The van der Waals surface area contributed by atoms with Gasteiger partial charge in [-0.25, -0.2) is 0 Å². The van der Waals surface area contributed by atoms with Gasteiger partial charge in [0.1, 0.15) is 5.75 Å². The first-order chi connectivity index (χ1) is 12.7. The third-order valence-corrected chi connectivity index (χ3v) is 4.47. The predicted molar refractivity (Wildman–Crippen MR) is 98.6 cm³/mol. The first kappa shape index (κ1) is 18.4. The highest BCUT2D eigenvalue weighted by Gasteiger charge is 2.28. The van der Waals surface area contributed by atoms with Gasteiger partial charge in [-0.1, -0.05) is 24.3 Å². The number of ether oxygens (including phenoxy) is 1. The molecule has 3 rings (SSSR count). The number of nitrogens with one attached hydrogen (secondary N) is 1. The lowest BCUT2D eigenvalue weighted by molar-refractivity contribution is -0.123. The Morgan fingerprint density at radius 3 is 2.77 bits per heavy atom. The van der Waals surface area contributed by atoms with E-state index in [-0.39, 0.29) is 18.4 Å². The molecule has 0 radical (unpaired) electrons. The molecule has 1 aromatic heterocycles. The molecule has 6 heteroatoms. The van der Waals surface area contributed by atoms with Crippen molar-refractivity contribution in [2.24, 2.45) is 0 Å². The summed E-state index contributed by atoms with van der Waals surface area (Å²) in [6.07, 6.45) is 2.19. The molecule has 0 unspecified atom stereocenters. The van der Waals surface area contributed by atoms with Crippen molar-refractivity contribution < 1.29 is 14.6 Å². The van der Waals surface area contributed by atoms with Crippen LogP contribution >= 0.6 is 0 Å². The zero-order chi connectivity index (χ0) is 18.2. The van der Waals surface area contributed by atoms with Gasteiger partial charge < -0.3 is 15.2 Å². The molecule has 1 amide bonds. The van der Waals surface area contributed by atoms with Gasteiger partial charge in [0.25, 0.3) is 0 Å². The van der Waals surface area contributed by atoms with Crippen LogP contribution in [0.15, 0.2) is 54.7 Å². The SMILES string of the molecule is O=C(CCOc1ccccc1)N[C@@H]1CCN(Cc2ccccn2)C[C@H]1O. The lowest BCUT2D eigenvalue weighted by atomic mass is 10.0. The number of hydrogen-bond acceptors (Lipinski definition) is 5. The maximum absolute atomic E-state index is 12.1. The fraction of sp³-hybridized carbons (Fsp3) is 0.400. The number of aliphatic hydroxyl groups excluding tert-OH is 1. The fourth-order valence-electron chi connectivity index (χ4n) is 3.09. The predicted octanol–water partition coefficient (Wildman–Crippen LogP) is 1.60.